The highest BCUT2D eigenvalue weighted by atomic mass is 16.5. The molecule has 1 heterocycles. The monoisotopic (exact) mass is 272 g/mol. The summed E-state index contributed by atoms with van der Waals surface area (Å²) in [6, 6.07) is 9.23. The molecule has 1 aliphatic rings. The van der Waals surface area contributed by atoms with Gasteiger partial charge in [0.05, 0.1) is 18.2 Å². The van der Waals surface area contributed by atoms with Crippen molar-refractivity contribution in [2.45, 2.75) is 32.1 Å². The van der Waals surface area contributed by atoms with Crippen molar-refractivity contribution < 1.29 is 9.53 Å². The zero-order chi connectivity index (χ0) is 14.2. The Morgan fingerprint density at radius 1 is 1.30 bits per heavy atom. The van der Waals surface area contributed by atoms with Gasteiger partial charge in [0.2, 0.25) is 5.91 Å². The van der Waals surface area contributed by atoms with Crippen molar-refractivity contribution in [3.63, 3.8) is 0 Å². The van der Waals surface area contributed by atoms with Gasteiger partial charge in [0, 0.05) is 19.5 Å². The molecule has 1 fully saturated rings. The maximum Gasteiger partial charge on any atom is 0.222 e. The van der Waals surface area contributed by atoms with Crippen LogP contribution >= 0.6 is 0 Å². The lowest BCUT2D eigenvalue weighted by Crippen LogP contribution is -2.31. The number of rotatable bonds is 5. The van der Waals surface area contributed by atoms with Gasteiger partial charge in [0.15, 0.2) is 0 Å². The number of hydrogen-bond acceptors (Lipinski definition) is 3. The molecule has 1 aromatic carbocycles. The molecule has 0 N–H and O–H groups in total. The molecule has 0 spiro atoms. The highest BCUT2D eigenvalue weighted by molar-refractivity contribution is 5.76. The molecule has 2 rings (SSSR count). The smallest absolute Gasteiger partial charge is 0.222 e. The van der Waals surface area contributed by atoms with E-state index in [1.807, 2.05) is 17.0 Å². The summed E-state index contributed by atoms with van der Waals surface area (Å²) in [6.07, 6.45) is 4.79. The molecule has 0 atom stereocenters. The number of nitriles is 1. The van der Waals surface area contributed by atoms with E-state index in [9.17, 15) is 4.79 Å². The van der Waals surface area contributed by atoms with E-state index in [4.69, 9.17) is 10.00 Å². The summed E-state index contributed by atoms with van der Waals surface area (Å²) in [7, 11) is 0. The average molecular weight is 272 g/mol. The number of likely N-dealkylation sites (tertiary alicyclic amines) is 1. The Labute approximate surface area is 120 Å². The summed E-state index contributed by atoms with van der Waals surface area (Å²) in [5.74, 6) is 0.986. The molecule has 106 valence electrons. The SMILES string of the molecule is N#Cc1cccc(OCCCN2CCCCCC2=O)c1. The van der Waals surface area contributed by atoms with Crippen LogP contribution in [-0.2, 0) is 4.79 Å². The van der Waals surface area contributed by atoms with Gasteiger partial charge in [-0.1, -0.05) is 12.5 Å². The largest absolute Gasteiger partial charge is 0.493 e. The molecule has 4 heteroatoms. The third-order valence-electron chi connectivity index (χ3n) is 3.48. The van der Waals surface area contributed by atoms with Crippen LogP contribution in [0.4, 0.5) is 0 Å². The summed E-state index contributed by atoms with van der Waals surface area (Å²) in [4.78, 5) is 13.8. The first-order valence-electron chi connectivity index (χ1n) is 7.20. The topological polar surface area (TPSA) is 53.3 Å². The van der Waals surface area contributed by atoms with Crippen molar-refractivity contribution in [2.75, 3.05) is 19.7 Å². The Morgan fingerprint density at radius 3 is 3.05 bits per heavy atom. The standard InChI is InChI=1S/C16H20N2O2/c17-13-14-6-4-7-15(12-14)20-11-5-10-18-9-3-1-2-8-16(18)19/h4,6-7,12H,1-3,5,8-11H2. The number of carbonyl (C=O) groups is 1. The van der Waals surface area contributed by atoms with Crippen LogP contribution in [0.3, 0.4) is 0 Å². The lowest BCUT2D eigenvalue weighted by Gasteiger charge is -2.20. The second-order valence-electron chi connectivity index (χ2n) is 5.03. The van der Waals surface area contributed by atoms with E-state index in [0.717, 1.165) is 38.8 Å². The molecule has 1 aromatic rings. The molecular weight excluding hydrogens is 252 g/mol. The first-order chi connectivity index (χ1) is 9.79. The Morgan fingerprint density at radius 2 is 2.20 bits per heavy atom. The molecule has 0 aliphatic carbocycles. The molecule has 0 aromatic heterocycles. The fraction of sp³-hybridized carbons (Fsp3) is 0.500. The molecule has 1 aliphatic heterocycles. The van der Waals surface area contributed by atoms with Gasteiger partial charge in [-0.25, -0.2) is 0 Å². The van der Waals surface area contributed by atoms with Crippen LogP contribution < -0.4 is 4.74 Å². The fourth-order valence-electron chi connectivity index (χ4n) is 2.38. The minimum Gasteiger partial charge on any atom is -0.493 e. The summed E-state index contributed by atoms with van der Waals surface area (Å²) >= 11 is 0. The molecule has 4 nitrogen and oxygen atoms in total. The van der Waals surface area contributed by atoms with E-state index >= 15 is 0 Å². The van der Waals surface area contributed by atoms with E-state index in [-0.39, 0.29) is 5.91 Å². The maximum atomic E-state index is 11.8. The van der Waals surface area contributed by atoms with E-state index in [0.29, 0.717) is 24.3 Å². The molecular formula is C16H20N2O2. The minimum absolute atomic E-state index is 0.272. The van der Waals surface area contributed by atoms with Gasteiger partial charge in [-0.05, 0) is 37.5 Å². The van der Waals surface area contributed by atoms with E-state index < -0.39 is 0 Å². The predicted octanol–water partition coefficient (Wildman–Crippen LogP) is 2.73. The molecule has 1 amide bonds. The number of amides is 1. The number of hydrogen-bond donors (Lipinski definition) is 0. The first-order valence-corrected chi connectivity index (χ1v) is 7.20. The van der Waals surface area contributed by atoms with Crippen LogP contribution in [0.1, 0.15) is 37.7 Å². The summed E-state index contributed by atoms with van der Waals surface area (Å²) in [5, 5.41) is 8.81. The van der Waals surface area contributed by atoms with E-state index in [1.54, 1.807) is 12.1 Å². The van der Waals surface area contributed by atoms with Crippen molar-refractivity contribution in [1.82, 2.24) is 4.90 Å². The minimum atomic E-state index is 0.272. The van der Waals surface area contributed by atoms with Crippen LogP contribution in [0.15, 0.2) is 24.3 Å². The maximum absolute atomic E-state index is 11.8. The van der Waals surface area contributed by atoms with Crippen LogP contribution in [0.25, 0.3) is 0 Å². The van der Waals surface area contributed by atoms with Crippen molar-refractivity contribution in [1.29, 1.82) is 5.26 Å². The third kappa shape index (κ3) is 4.27. The second-order valence-corrected chi connectivity index (χ2v) is 5.03. The average Bonchev–Trinajstić information content (AvgIpc) is 2.69. The number of nitrogens with zero attached hydrogens (tertiary/aromatic N) is 2. The van der Waals surface area contributed by atoms with Gasteiger partial charge in [-0.2, -0.15) is 5.26 Å². The van der Waals surface area contributed by atoms with Crippen molar-refractivity contribution in [3.05, 3.63) is 29.8 Å². The number of benzene rings is 1. The van der Waals surface area contributed by atoms with Crippen molar-refractivity contribution >= 4 is 5.91 Å². The Balaban J connectivity index is 1.73. The molecule has 0 saturated carbocycles. The van der Waals surface area contributed by atoms with Crippen LogP contribution in [-0.4, -0.2) is 30.5 Å². The van der Waals surface area contributed by atoms with Crippen LogP contribution in [0, 0.1) is 11.3 Å². The molecule has 0 unspecified atom stereocenters. The van der Waals surface area contributed by atoms with Crippen LogP contribution in [0.5, 0.6) is 5.75 Å². The molecule has 0 radical (unpaired) electrons. The second kappa shape index (κ2) is 7.54. The van der Waals surface area contributed by atoms with E-state index in [1.165, 1.54) is 0 Å². The summed E-state index contributed by atoms with van der Waals surface area (Å²) in [6.45, 7) is 2.21. The van der Waals surface area contributed by atoms with Gasteiger partial charge >= 0.3 is 0 Å². The zero-order valence-electron chi connectivity index (χ0n) is 11.7. The Kier molecular flexibility index (Phi) is 5.43. The summed E-state index contributed by atoms with van der Waals surface area (Å²) in [5.41, 5.74) is 0.602. The third-order valence-corrected chi connectivity index (χ3v) is 3.48. The summed E-state index contributed by atoms with van der Waals surface area (Å²) < 4.78 is 5.62. The van der Waals surface area contributed by atoms with Crippen LogP contribution in [0.2, 0.25) is 0 Å². The van der Waals surface area contributed by atoms with Gasteiger partial charge < -0.3 is 9.64 Å². The number of carbonyl (C=O) groups excluding carboxylic acids is 1. The molecule has 1 saturated heterocycles. The predicted molar refractivity (Wildman–Crippen MR) is 76.3 cm³/mol. The van der Waals surface area contributed by atoms with E-state index in [2.05, 4.69) is 6.07 Å². The van der Waals surface area contributed by atoms with Crippen molar-refractivity contribution in [2.24, 2.45) is 0 Å². The lowest BCUT2D eigenvalue weighted by atomic mass is 10.2. The Bertz CT molecular complexity index is 493. The first kappa shape index (κ1) is 14.4. The van der Waals surface area contributed by atoms with Gasteiger partial charge in [0.25, 0.3) is 0 Å². The normalized spacial score (nSPS) is 15.6. The van der Waals surface area contributed by atoms with Crippen molar-refractivity contribution in [3.8, 4) is 11.8 Å². The highest BCUT2D eigenvalue weighted by Crippen LogP contribution is 2.14. The van der Waals surface area contributed by atoms with Gasteiger partial charge in [0.1, 0.15) is 5.75 Å². The quantitative estimate of drug-likeness (QED) is 0.774. The Hall–Kier alpha value is -2.02. The lowest BCUT2D eigenvalue weighted by molar-refractivity contribution is -0.130. The molecule has 20 heavy (non-hydrogen) atoms. The zero-order valence-corrected chi connectivity index (χ0v) is 11.7. The van der Waals surface area contributed by atoms with Gasteiger partial charge in [-0.3, -0.25) is 4.79 Å². The number of ether oxygens (including phenoxy) is 1. The fourth-order valence-corrected chi connectivity index (χ4v) is 2.38. The highest BCUT2D eigenvalue weighted by Gasteiger charge is 2.15. The van der Waals surface area contributed by atoms with Gasteiger partial charge in [-0.15, -0.1) is 0 Å². The molecule has 0 bridgehead atoms.